The molecule has 0 amide bonds. The van der Waals surface area contributed by atoms with Crippen molar-refractivity contribution in [1.82, 2.24) is 0 Å². The van der Waals surface area contributed by atoms with E-state index in [2.05, 4.69) is 0 Å². The van der Waals surface area contributed by atoms with E-state index in [1.54, 1.807) is 25.8 Å². The van der Waals surface area contributed by atoms with Crippen molar-refractivity contribution in [3.8, 4) is 0 Å². The maximum atomic E-state index is 11.2. The Morgan fingerprint density at radius 2 is 2.05 bits per heavy atom. The van der Waals surface area contributed by atoms with Gasteiger partial charge >= 0.3 is 5.97 Å². The van der Waals surface area contributed by atoms with Crippen LogP contribution in [0.1, 0.15) is 24.2 Å². The summed E-state index contributed by atoms with van der Waals surface area (Å²) in [5, 5.41) is 29.1. The van der Waals surface area contributed by atoms with E-state index >= 15 is 0 Å². The average molecular weight is 268 g/mol. The summed E-state index contributed by atoms with van der Waals surface area (Å²) in [6, 6.07) is 3.63. The van der Waals surface area contributed by atoms with E-state index < -0.39 is 16.4 Å². The number of non-ortho nitro benzene ring substituents is 1. The van der Waals surface area contributed by atoms with Crippen LogP contribution in [-0.4, -0.2) is 40.3 Å². The van der Waals surface area contributed by atoms with E-state index in [1.165, 1.54) is 12.1 Å². The quantitative estimate of drug-likeness (QED) is 0.619. The molecule has 1 aromatic carbocycles. The first-order valence-corrected chi connectivity index (χ1v) is 5.57. The number of carboxylic acids is 1. The summed E-state index contributed by atoms with van der Waals surface area (Å²) in [5.74, 6) is -1.25. The topological polar surface area (TPSA) is 104 Å². The Morgan fingerprint density at radius 1 is 1.47 bits per heavy atom. The van der Waals surface area contributed by atoms with E-state index in [-0.39, 0.29) is 17.9 Å². The second-order valence-electron chi connectivity index (χ2n) is 4.79. The zero-order chi connectivity index (χ0) is 14.8. The number of aliphatic hydroxyl groups excluding tert-OH is 1. The van der Waals surface area contributed by atoms with Gasteiger partial charge in [-0.05, 0) is 19.9 Å². The smallest absolute Gasteiger partial charge is 0.338 e. The van der Waals surface area contributed by atoms with E-state index in [0.29, 0.717) is 5.69 Å². The molecule has 0 fully saturated rings. The van der Waals surface area contributed by atoms with Crippen LogP contribution in [0, 0.1) is 10.1 Å². The third-order valence-corrected chi connectivity index (χ3v) is 3.08. The fraction of sp³-hybridized carbons (Fsp3) is 0.417. The second kappa shape index (κ2) is 5.23. The molecule has 7 nitrogen and oxygen atoms in total. The normalized spacial score (nSPS) is 11.2. The number of carbonyl (C=O) groups is 1. The molecule has 0 spiro atoms. The number of benzene rings is 1. The first-order chi connectivity index (χ1) is 8.70. The summed E-state index contributed by atoms with van der Waals surface area (Å²) in [7, 11) is 1.63. The lowest BCUT2D eigenvalue weighted by molar-refractivity contribution is -0.384. The Balaban J connectivity index is 3.36. The standard InChI is InChI=1S/C12H16N2O5/c1-12(2,7-15)13(3)10-5-4-8(14(18)19)6-9(10)11(16)17/h4-6,15H,7H2,1-3H3,(H,16,17). The molecule has 0 aromatic heterocycles. The summed E-state index contributed by atoms with van der Waals surface area (Å²) in [6.07, 6.45) is 0. The second-order valence-corrected chi connectivity index (χ2v) is 4.79. The number of hydrogen-bond acceptors (Lipinski definition) is 5. The number of aliphatic hydroxyl groups is 1. The minimum Gasteiger partial charge on any atom is -0.478 e. The number of carboxylic acid groups (broad SMARTS) is 1. The number of likely N-dealkylation sites (N-methyl/N-ethyl adjacent to an activating group) is 1. The van der Waals surface area contributed by atoms with Crippen LogP contribution in [-0.2, 0) is 0 Å². The summed E-state index contributed by atoms with van der Waals surface area (Å²) in [6.45, 7) is 3.29. The largest absolute Gasteiger partial charge is 0.478 e. The van der Waals surface area contributed by atoms with Crippen LogP contribution in [0.25, 0.3) is 0 Å². The Hall–Kier alpha value is -2.15. The van der Waals surface area contributed by atoms with Gasteiger partial charge in [0, 0.05) is 19.2 Å². The Morgan fingerprint density at radius 3 is 2.47 bits per heavy atom. The molecule has 7 heteroatoms. The monoisotopic (exact) mass is 268 g/mol. The zero-order valence-electron chi connectivity index (χ0n) is 11.0. The molecule has 0 heterocycles. The molecule has 1 aromatic rings. The van der Waals surface area contributed by atoms with E-state index in [4.69, 9.17) is 5.11 Å². The third-order valence-electron chi connectivity index (χ3n) is 3.08. The van der Waals surface area contributed by atoms with Gasteiger partial charge in [-0.2, -0.15) is 0 Å². The van der Waals surface area contributed by atoms with Crippen LogP contribution in [0.4, 0.5) is 11.4 Å². The molecule has 0 unspecified atom stereocenters. The van der Waals surface area contributed by atoms with Gasteiger partial charge in [0.1, 0.15) is 0 Å². The van der Waals surface area contributed by atoms with Gasteiger partial charge in [-0.25, -0.2) is 4.79 Å². The number of nitro groups is 1. The van der Waals surface area contributed by atoms with Crippen molar-refractivity contribution in [2.45, 2.75) is 19.4 Å². The van der Waals surface area contributed by atoms with Crippen LogP contribution in [0.3, 0.4) is 0 Å². The SMILES string of the molecule is CN(c1ccc([N+](=O)[O-])cc1C(=O)O)C(C)(C)CO. The first-order valence-electron chi connectivity index (χ1n) is 5.57. The van der Waals surface area contributed by atoms with Gasteiger partial charge in [0.2, 0.25) is 0 Å². The van der Waals surface area contributed by atoms with Crippen LogP contribution < -0.4 is 4.90 Å². The fourth-order valence-electron chi connectivity index (χ4n) is 1.53. The highest BCUT2D eigenvalue weighted by atomic mass is 16.6. The van der Waals surface area contributed by atoms with Gasteiger partial charge in [-0.1, -0.05) is 0 Å². The van der Waals surface area contributed by atoms with Crippen molar-refractivity contribution in [3.63, 3.8) is 0 Å². The molecule has 0 radical (unpaired) electrons. The molecule has 104 valence electrons. The van der Waals surface area contributed by atoms with Gasteiger partial charge in [0.25, 0.3) is 5.69 Å². The lowest BCUT2D eigenvalue weighted by Crippen LogP contribution is -2.45. The number of rotatable bonds is 5. The minimum atomic E-state index is -1.25. The number of nitro benzene ring substituents is 1. The summed E-state index contributed by atoms with van der Waals surface area (Å²) in [5.41, 5.74) is -0.813. The molecule has 0 bridgehead atoms. The first kappa shape index (κ1) is 14.9. The maximum absolute atomic E-state index is 11.2. The van der Waals surface area contributed by atoms with Crippen LogP contribution >= 0.6 is 0 Å². The minimum absolute atomic E-state index is 0.168. The van der Waals surface area contributed by atoms with Crippen molar-refractivity contribution in [2.75, 3.05) is 18.6 Å². The molecule has 0 aliphatic heterocycles. The molecule has 0 atom stereocenters. The molecule has 19 heavy (non-hydrogen) atoms. The van der Waals surface area contributed by atoms with E-state index in [1.807, 2.05) is 0 Å². The predicted octanol–water partition coefficient (Wildman–Crippen LogP) is 1.50. The molecular weight excluding hydrogens is 252 g/mol. The highest BCUT2D eigenvalue weighted by Gasteiger charge is 2.27. The maximum Gasteiger partial charge on any atom is 0.338 e. The van der Waals surface area contributed by atoms with Crippen molar-refractivity contribution in [2.24, 2.45) is 0 Å². The molecular formula is C12H16N2O5. The highest BCUT2D eigenvalue weighted by Crippen LogP contribution is 2.29. The van der Waals surface area contributed by atoms with E-state index in [9.17, 15) is 20.0 Å². The summed E-state index contributed by atoms with van der Waals surface area (Å²) >= 11 is 0. The molecule has 0 saturated carbocycles. The molecule has 2 N–H and O–H groups in total. The highest BCUT2D eigenvalue weighted by molar-refractivity contribution is 5.95. The molecule has 0 aliphatic rings. The lowest BCUT2D eigenvalue weighted by atomic mass is 10.0. The van der Waals surface area contributed by atoms with Crippen molar-refractivity contribution in [3.05, 3.63) is 33.9 Å². The Labute approximate surface area is 110 Å². The lowest BCUT2D eigenvalue weighted by Gasteiger charge is -2.36. The third kappa shape index (κ3) is 3.00. The van der Waals surface area contributed by atoms with Gasteiger partial charge in [0.05, 0.1) is 28.3 Å². The van der Waals surface area contributed by atoms with Gasteiger partial charge in [-0.3, -0.25) is 10.1 Å². The number of anilines is 1. The molecule has 0 aliphatic carbocycles. The zero-order valence-corrected chi connectivity index (χ0v) is 11.0. The summed E-state index contributed by atoms with van der Waals surface area (Å²) < 4.78 is 0. The predicted molar refractivity (Wildman–Crippen MR) is 69.6 cm³/mol. The number of hydrogen-bond donors (Lipinski definition) is 2. The van der Waals surface area contributed by atoms with Crippen molar-refractivity contribution in [1.29, 1.82) is 0 Å². The van der Waals surface area contributed by atoms with Crippen molar-refractivity contribution < 1.29 is 19.9 Å². The van der Waals surface area contributed by atoms with E-state index in [0.717, 1.165) is 6.07 Å². The number of aromatic carboxylic acids is 1. The Bertz CT molecular complexity index is 513. The van der Waals surface area contributed by atoms with Crippen LogP contribution in [0.15, 0.2) is 18.2 Å². The van der Waals surface area contributed by atoms with Crippen molar-refractivity contribution >= 4 is 17.3 Å². The van der Waals surface area contributed by atoms with Crippen LogP contribution in [0.2, 0.25) is 0 Å². The molecule has 0 saturated heterocycles. The fourth-order valence-corrected chi connectivity index (χ4v) is 1.53. The van der Waals surface area contributed by atoms with Gasteiger partial charge < -0.3 is 15.1 Å². The number of nitrogens with zero attached hydrogens (tertiary/aromatic N) is 2. The molecule has 1 rings (SSSR count). The van der Waals surface area contributed by atoms with Crippen LogP contribution in [0.5, 0.6) is 0 Å². The Kier molecular flexibility index (Phi) is 4.10. The summed E-state index contributed by atoms with van der Waals surface area (Å²) in [4.78, 5) is 22.8. The van der Waals surface area contributed by atoms with Gasteiger partial charge in [-0.15, -0.1) is 0 Å². The van der Waals surface area contributed by atoms with Gasteiger partial charge in [0.15, 0.2) is 0 Å². The average Bonchev–Trinajstić information content (AvgIpc) is 2.36.